The maximum Gasteiger partial charge on any atom is 0.161 e. The molecule has 4 rings (SSSR count). The van der Waals surface area contributed by atoms with E-state index in [1.165, 1.54) is 27.7 Å². The lowest BCUT2D eigenvalue weighted by atomic mass is 9.90. The molecule has 4 heteroatoms. The lowest BCUT2D eigenvalue weighted by Gasteiger charge is -2.22. The summed E-state index contributed by atoms with van der Waals surface area (Å²) in [6, 6.07) is 14.8. The third kappa shape index (κ3) is 2.76. The molecule has 0 spiro atoms. The molecule has 0 saturated heterocycles. The highest BCUT2D eigenvalue weighted by atomic mass is 16.6. The highest BCUT2D eigenvalue weighted by Gasteiger charge is 2.20. The zero-order chi connectivity index (χ0) is 17.4. The summed E-state index contributed by atoms with van der Waals surface area (Å²) >= 11 is 0. The first-order valence-corrected chi connectivity index (χ1v) is 8.81. The molecule has 25 heavy (non-hydrogen) atoms. The van der Waals surface area contributed by atoms with E-state index in [1.807, 2.05) is 6.07 Å². The average molecular weight is 336 g/mol. The van der Waals surface area contributed by atoms with E-state index in [1.54, 1.807) is 0 Å². The Hall–Kier alpha value is -2.46. The zero-order valence-corrected chi connectivity index (χ0v) is 14.8. The molecule has 0 aliphatic carbocycles. The molecule has 1 aromatic heterocycles. The van der Waals surface area contributed by atoms with Crippen molar-refractivity contribution in [1.82, 2.24) is 4.57 Å². The van der Waals surface area contributed by atoms with E-state index >= 15 is 0 Å². The number of aromatic nitrogens is 1. The number of aryl methyl sites for hydroxylation is 1. The van der Waals surface area contributed by atoms with Crippen LogP contribution in [0.5, 0.6) is 11.5 Å². The Kier molecular flexibility index (Phi) is 4.14. The molecule has 0 saturated carbocycles. The number of nitrogens with two attached hydrogens (primary N) is 1. The van der Waals surface area contributed by atoms with Crippen LogP contribution in [0.4, 0.5) is 0 Å². The van der Waals surface area contributed by atoms with Crippen molar-refractivity contribution in [2.45, 2.75) is 19.3 Å². The van der Waals surface area contributed by atoms with Crippen LogP contribution >= 0.6 is 0 Å². The number of hydrogen-bond donors (Lipinski definition) is 1. The van der Waals surface area contributed by atoms with Gasteiger partial charge in [-0.25, -0.2) is 0 Å². The summed E-state index contributed by atoms with van der Waals surface area (Å²) in [7, 11) is 2.13. The standard InChI is InChI=1S/C21H24N2O2/c1-14-18(17-5-3-4-6-19(17)23(14)2)11-16(13-22)15-7-8-20-21(12-15)25-10-9-24-20/h3-8,12,16H,9-11,13,22H2,1-2H3. The smallest absolute Gasteiger partial charge is 0.161 e. The van der Waals surface area contributed by atoms with Crippen LogP contribution in [0.25, 0.3) is 10.9 Å². The Morgan fingerprint density at radius 2 is 1.84 bits per heavy atom. The van der Waals surface area contributed by atoms with Gasteiger partial charge in [-0.1, -0.05) is 24.3 Å². The molecule has 130 valence electrons. The summed E-state index contributed by atoms with van der Waals surface area (Å²) in [5.74, 6) is 1.91. The third-order valence-electron chi connectivity index (χ3n) is 5.30. The summed E-state index contributed by atoms with van der Waals surface area (Å²) in [6.45, 7) is 4.00. The fourth-order valence-electron chi connectivity index (χ4n) is 3.75. The molecule has 0 amide bonds. The minimum Gasteiger partial charge on any atom is -0.486 e. The van der Waals surface area contributed by atoms with Gasteiger partial charge < -0.3 is 19.8 Å². The Labute approximate surface area is 148 Å². The first kappa shape index (κ1) is 16.0. The van der Waals surface area contributed by atoms with Gasteiger partial charge in [0.25, 0.3) is 0 Å². The van der Waals surface area contributed by atoms with Gasteiger partial charge in [-0.05, 0) is 49.2 Å². The second kappa shape index (κ2) is 6.45. The van der Waals surface area contributed by atoms with Crippen molar-refractivity contribution >= 4 is 10.9 Å². The third-order valence-corrected chi connectivity index (χ3v) is 5.30. The Morgan fingerprint density at radius 1 is 1.08 bits per heavy atom. The van der Waals surface area contributed by atoms with E-state index in [0.717, 1.165) is 17.9 Å². The number of para-hydroxylation sites is 1. The quantitative estimate of drug-likeness (QED) is 0.793. The van der Waals surface area contributed by atoms with Crippen molar-refractivity contribution in [2.24, 2.45) is 12.8 Å². The predicted octanol–water partition coefficient (Wildman–Crippen LogP) is 3.54. The number of rotatable bonds is 4. The van der Waals surface area contributed by atoms with Crippen molar-refractivity contribution in [3.63, 3.8) is 0 Å². The number of fused-ring (bicyclic) bond motifs is 2. The Balaban J connectivity index is 1.70. The molecule has 0 radical (unpaired) electrons. The lowest BCUT2D eigenvalue weighted by molar-refractivity contribution is 0.171. The van der Waals surface area contributed by atoms with E-state index in [4.69, 9.17) is 15.2 Å². The normalized spacial score (nSPS) is 14.7. The fourth-order valence-corrected chi connectivity index (χ4v) is 3.75. The lowest BCUT2D eigenvalue weighted by Crippen LogP contribution is -2.18. The predicted molar refractivity (Wildman–Crippen MR) is 101 cm³/mol. The summed E-state index contributed by atoms with van der Waals surface area (Å²) in [4.78, 5) is 0. The summed E-state index contributed by atoms with van der Waals surface area (Å²) in [6.07, 6.45) is 0.920. The van der Waals surface area contributed by atoms with Gasteiger partial charge >= 0.3 is 0 Å². The average Bonchev–Trinajstić information content (AvgIpc) is 2.90. The summed E-state index contributed by atoms with van der Waals surface area (Å²) in [5, 5.41) is 1.32. The molecular formula is C21H24N2O2. The van der Waals surface area contributed by atoms with E-state index in [2.05, 4.69) is 54.9 Å². The van der Waals surface area contributed by atoms with Gasteiger partial charge in [0.05, 0.1) is 0 Å². The van der Waals surface area contributed by atoms with Crippen molar-refractivity contribution in [3.05, 3.63) is 59.3 Å². The topological polar surface area (TPSA) is 49.4 Å². The van der Waals surface area contributed by atoms with Gasteiger partial charge in [-0.15, -0.1) is 0 Å². The number of ether oxygens (including phenoxy) is 2. The minimum absolute atomic E-state index is 0.250. The maximum absolute atomic E-state index is 6.15. The van der Waals surface area contributed by atoms with Crippen LogP contribution in [0, 0.1) is 6.92 Å². The molecule has 2 N–H and O–H groups in total. The van der Waals surface area contributed by atoms with Crippen LogP contribution in [0.15, 0.2) is 42.5 Å². The van der Waals surface area contributed by atoms with Crippen molar-refractivity contribution in [3.8, 4) is 11.5 Å². The maximum atomic E-state index is 6.15. The highest BCUT2D eigenvalue weighted by molar-refractivity contribution is 5.85. The number of hydrogen-bond acceptors (Lipinski definition) is 3. The monoisotopic (exact) mass is 336 g/mol. The van der Waals surface area contributed by atoms with Crippen molar-refractivity contribution < 1.29 is 9.47 Å². The molecule has 1 aliphatic heterocycles. The molecule has 1 unspecified atom stereocenters. The summed E-state index contributed by atoms with van der Waals surface area (Å²) < 4.78 is 13.6. The van der Waals surface area contributed by atoms with Gasteiger partial charge in [-0.3, -0.25) is 0 Å². The van der Waals surface area contributed by atoms with Crippen LogP contribution < -0.4 is 15.2 Å². The summed E-state index contributed by atoms with van der Waals surface area (Å²) in [5.41, 5.74) is 11.3. The second-order valence-electron chi connectivity index (χ2n) is 6.68. The SMILES string of the molecule is Cc1c(CC(CN)c2ccc3c(c2)OCCO3)c2ccccc2n1C. The van der Waals surface area contributed by atoms with E-state index in [-0.39, 0.29) is 5.92 Å². The van der Waals surface area contributed by atoms with E-state index in [9.17, 15) is 0 Å². The van der Waals surface area contributed by atoms with Gasteiger partial charge in [0.15, 0.2) is 11.5 Å². The van der Waals surface area contributed by atoms with Gasteiger partial charge in [-0.2, -0.15) is 0 Å². The molecule has 1 atom stereocenters. The number of nitrogens with zero attached hydrogens (tertiary/aromatic N) is 1. The first-order chi connectivity index (χ1) is 12.2. The molecule has 0 bridgehead atoms. The highest BCUT2D eigenvalue weighted by Crippen LogP contribution is 2.35. The first-order valence-electron chi connectivity index (χ1n) is 8.81. The van der Waals surface area contributed by atoms with Gasteiger partial charge in [0.1, 0.15) is 13.2 Å². The van der Waals surface area contributed by atoms with Crippen LogP contribution in [0.3, 0.4) is 0 Å². The largest absolute Gasteiger partial charge is 0.486 e. The number of benzene rings is 2. The molecular weight excluding hydrogens is 312 g/mol. The van der Waals surface area contributed by atoms with Crippen molar-refractivity contribution in [1.29, 1.82) is 0 Å². The Morgan fingerprint density at radius 3 is 2.64 bits per heavy atom. The van der Waals surface area contributed by atoms with Crippen LogP contribution in [0.2, 0.25) is 0 Å². The minimum atomic E-state index is 0.250. The van der Waals surface area contributed by atoms with Crippen molar-refractivity contribution in [2.75, 3.05) is 19.8 Å². The molecule has 2 aromatic carbocycles. The van der Waals surface area contributed by atoms with Crippen LogP contribution in [0.1, 0.15) is 22.7 Å². The van der Waals surface area contributed by atoms with Gasteiger partial charge in [0, 0.05) is 29.6 Å². The molecule has 1 aliphatic rings. The van der Waals surface area contributed by atoms with E-state index < -0.39 is 0 Å². The molecule has 4 nitrogen and oxygen atoms in total. The molecule has 0 fully saturated rings. The zero-order valence-electron chi connectivity index (χ0n) is 14.8. The Bertz CT molecular complexity index is 914. The fraction of sp³-hybridized carbons (Fsp3) is 0.333. The van der Waals surface area contributed by atoms with E-state index in [0.29, 0.717) is 19.8 Å². The molecule has 3 aromatic rings. The molecule has 2 heterocycles. The van der Waals surface area contributed by atoms with Crippen LogP contribution in [-0.4, -0.2) is 24.3 Å². The second-order valence-corrected chi connectivity index (χ2v) is 6.68. The van der Waals surface area contributed by atoms with Gasteiger partial charge in [0.2, 0.25) is 0 Å². The van der Waals surface area contributed by atoms with Crippen LogP contribution in [-0.2, 0) is 13.5 Å².